The molecule has 0 saturated carbocycles. The number of ketones is 2. The number of carbonyl (C=O) groups excluding carboxylic acids is 4. The first kappa shape index (κ1) is 26.4. The van der Waals surface area contributed by atoms with Crippen LogP contribution >= 0.6 is 0 Å². The topological polar surface area (TPSA) is 188 Å². The standard InChI is InChI=1S/C26H30N2O9/c1-4-5-8-37-25(35)12-6-7-15(29)17-13(12)9-11-10-14-19(28(2)3)21(31)18(24(27)34)23(33)26(14,36)22(32)16(11)20(17)30/h6-7,11,14,19,29,31-32,36H,4-5,8-10H2,1-3H3,(H2,27,34). The number of unbranched alkanes of at least 4 members (excludes halogenated alkanes) is 1. The number of rotatable bonds is 6. The largest absolute Gasteiger partial charge is 0.510 e. The minimum atomic E-state index is -2.71. The van der Waals surface area contributed by atoms with Crippen LogP contribution in [0.25, 0.3) is 0 Å². The van der Waals surface area contributed by atoms with Gasteiger partial charge in [0.1, 0.15) is 22.8 Å². The molecule has 37 heavy (non-hydrogen) atoms. The monoisotopic (exact) mass is 514 g/mol. The second kappa shape index (κ2) is 9.31. The van der Waals surface area contributed by atoms with Crippen LogP contribution in [0.2, 0.25) is 0 Å². The molecule has 11 nitrogen and oxygen atoms in total. The van der Waals surface area contributed by atoms with Crippen molar-refractivity contribution in [2.24, 2.45) is 17.6 Å². The Hall–Kier alpha value is -3.70. The summed E-state index contributed by atoms with van der Waals surface area (Å²) in [6, 6.07) is 1.45. The quantitative estimate of drug-likeness (QED) is 0.209. The zero-order valence-corrected chi connectivity index (χ0v) is 20.8. The summed E-state index contributed by atoms with van der Waals surface area (Å²) < 4.78 is 5.31. The molecule has 1 amide bonds. The SMILES string of the molecule is CCCCOC(=O)c1ccc(O)c2c1CC1CC3C(N(C)C)C(O)=C(C(N)=O)C(=O)C3(O)C(O)=C1C2=O. The van der Waals surface area contributed by atoms with Gasteiger partial charge in [0.25, 0.3) is 5.91 Å². The number of nitrogens with two attached hydrogens (primary N) is 1. The van der Waals surface area contributed by atoms with E-state index in [1.54, 1.807) is 14.1 Å². The van der Waals surface area contributed by atoms with Crippen molar-refractivity contribution in [2.75, 3.05) is 20.7 Å². The van der Waals surface area contributed by atoms with Crippen LogP contribution in [0.5, 0.6) is 5.75 Å². The van der Waals surface area contributed by atoms with Gasteiger partial charge >= 0.3 is 5.97 Å². The first-order valence-electron chi connectivity index (χ1n) is 12.0. The number of ether oxygens (including phenoxy) is 1. The molecule has 3 aliphatic carbocycles. The third kappa shape index (κ3) is 3.80. The van der Waals surface area contributed by atoms with E-state index in [0.717, 1.165) is 6.42 Å². The predicted molar refractivity (Wildman–Crippen MR) is 129 cm³/mol. The maximum atomic E-state index is 13.6. The number of hydrogen-bond acceptors (Lipinski definition) is 10. The molecule has 4 unspecified atom stereocenters. The number of nitrogens with zero attached hydrogens (tertiary/aromatic N) is 1. The van der Waals surface area contributed by atoms with Crippen LogP contribution in [0.3, 0.4) is 0 Å². The van der Waals surface area contributed by atoms with Gasteiger partial charge < -0.3 is 30.9 Å². The van der Waals surface area contributed by atoms with Gasteiger partial charge in [-0.25, -0.2) is 4.79 Å². The second-order valence-electron chi connectivity index (χ2n) is 9.94. The minimum absolute atomic E-state index is 0.0150. The lowest BCUT2D eigenvalue weighted by Gasteiger charge is -2.50. The highest BCUT2D eigenvalue weighted by atomic mass is 16.5. The summed E-state index contributed by atoms with van der Waals surface area (Å²) >= 11 is 0. The molecule has 0 spiro atoms. The van der Waals surface area contributed by atoms with Gasteiger partial charge in [-0.15, -0.1) is 0 Å². The van der Waals surface area contributed by atoms with E-state index in [2.05, 4.69) is 0 Å². The minimum Gasteiger partial charge on any atom is -0.510 e. The highest BCUT2D eigenvalue weighted by molar-refractivity contribution is 6.25. The van der Waals surface area contributed by atoms with E-state index in [1.165, 1.54) is 17.0 Å². The molecule has 6 N–H and O–H groups in total. The summed E-state index contributed by atoms with van der Waals surface area (Å²) in [5.41, 5.74) is 1.56. The molecule has 0 radical (unpaired) electrons. The lowest BCUT2D eigenvalue weighted by molar-refractivity contribution is -0.148. The summed E-state index contributed by atoms with van der Waals surface area (Å²) in [6.45, 7) is 2.12. The van der Waals surface area contributed by atoms with Crippen LogP contribution in [-0.2, 0) is 20.7 Å². The number of primary amides is 1. The lowest BCUT2D eigenvalue weighted by Crippen LogP contribution is -2.63. The fourth-order valence-electron chi connectivity index (χ4n) is 5.83. The zero-order chi connectivity index (χ0) is 27.4. The number of aliphatic hydroxyl groups is 3. The fraction of sp³-hybridized carbons (Fsp3) is 0.462. The van der Waals surface area contributed by atoms with Crippen molar-refractivity contribution in [1.29, 1.82) is 0 Å². The first-order chi connectivity index (χ1) is 17.4. The molecular weight excluding hydrogens is 484 g/mol. The Morgan fingerprint density at radius 2 is 1.86 bits per heavy atom. The molecule has 0 fully saturated rings. The maximum absolute atomic E-state index is 13.6. The van der Waals surface area contributed by atoms with Crippen molar-refractivity contribution in [3.05, 3.63) is 51.5 Å². The Kier molecular flexibility index (Phi) is 6.63. The lowest BCUT2D eigenvalue weighted by atomic mass is 9.58. The van der Waals surface area contributed by atoms with E-state index < -0.39 is 69.8 Å². The zero-order valence-electron chi connectivity index (χ0n) is 20.8. The number of carbonyl (C=O) groups is 4. The Morgan fingerprint density at radius 1 is 1.19 bits per heavy atom. The smallest absolute Gasteiger partial charge is 0.338 e. The van der Waals surface area contributed by atoms with E-state index in [1.807, 2.05) is 6.92 Å². The Bertz CT molecular complexity index is 1280. The van der Waals surface area contributed by atoms with Crippen molar-refractivity contribution in [3.63, 3.8) is 0 Å². The number of Topliss-reactive ketones (excluding diaryl/α,β-unsaturated/α-hetero) is 2. The first-order valence-corrected chi connectivity index (χ1v) is 12.0. The summed E-state index contributed by atoms with van der Waals surface area (Å²) in [5, 5.41) is 44.2. The molecule has 198 valence electrons. The van der Waals surface area contributed by atoms with E-state index in [4.69, 9.17) is 10.5 Å². The predicted octanol–water partition coefficient (Wildman–Crippen LogP) is 1.08. The average Bonchev–Trinajstić information content (AvgIpc) is 2.81. The summed E-state index contributed by atoms with van der Waals surface area (Å²) in [4.78, 5) is 53.2. The second-order valence-corrected chi connectivity index (χ2v) is 9.94. The van der Waals surface area contributed by atoms with Gasteiger partial charge in [-0.05, 0) is 57.0 Å². The van der Waals surface area contributed by atoms with E-state index in [-0.39, 0.29) is 41.7 Å². The number of benzene rings is 1. The molecule has 4 rings (SSSR count). The summed E-state index contributed by atoms with van der Waals surface area (Å²) in [6.07, 6.45) is 1.41. The molecule has 11 heteroatoms. The fourth-order valence-corrected chi connectivity index (χ4v) is 5.83. The number of phenolic OH excluding ortho intramolecular Hbond substituents is 1. The highest BCUT2D eigenvalue weighted by Gasteiger charge is 2.63. The number of fused-ring (bicyclic) bond motifs is 3. The number of esters is 1. The Balaban J connectivity index is 1.88. The van der Waals surface area contributed by atoms with Crippen LogP contribution in [0.4, 0.5) is 0 Å². The van der Waals surface area contributed by atoms with Gasteiger partial charge in [0.2, 0.25) is 5.78 Å². The highest BCUT2D eigenvalue weighted by Crippen LogP contribution is 2.52. The molecule has 0 aliphatic heterocycles. The third-order valence-electron chi connectivity index (χ3n) is 7.56. The van der Waals surface area contributed by atoms with Crippen LogP contribution < -0.4 is 5.73 Å². The van der Waals surface area contributed by atoms with Gasteiger partial charge in [-0.3, -0.25) is 19.3 Å². The molecule has 0 heterocycles. The molecule has 3 aliphatic rings. The number of hydrogen-bond donors (Lipinski definition) is 5. The normalized spacial score (nSPS) is 27.1. The number of phenols is 1. The van der Waals surface area contributed by atoms with Crippen molar-refractivity contribution in [2.45, 2.75) is 44.2 Å². The van der Waals surface area contributed by atoms with Crippen LogP contribution in [0.1, 0.15) is 52.5 Å². The van der Waals surface area contributed by atoms with Crippen molar-refractivity contribution in [3.8, 4) is 5.75 Å². The molecule has 0 bridgehead atoms. The van der Waals surface area contributed by atoms with Gasteiger partial charge in [0, 0.05) is 11.5 Å². The number of aliphatic hydroxyl groups excluding tert-OH is 2. The molecule has 0 saturated heterocycles. The van der Waals surface area contributed by atoms with Gasteiger partial charge in [0.15, 0.2) is 11.4 Å². The van der Waals surface area contributed by atoms with Gasteiger partial charge in [-0.2, -0.15) is 0 Å². The van der Waals surface area contributed by atoms with E-state index >= 15 is 0 Å². The van der Waals surface area contributed by atoms with Crippen molar-refractivity contribution < 1.29 is 44.3 Å². The number of allylic oxidation sites excluding steroid dienone is 1. The van der Waals surface area contributed by atoms with Crippen LogP contribution in [0, 0.1) is 11.8 Å². The van der Waals surface area contributed by atoms with Crippen molar-refractivity contribution in [1.82, 2.24) is 4.90 Å². The number of aromatic hydroxyl groups is 1. The Labute approximate surface area is 212 Å². The summed E-state index contributed by atoms with van der Waals surface area (Å²) in [7, 11) is 3.10. The van der Waals surface area contributed by atoms with Crippen LogP contribution in [0.15, 0.2) is 34.8 Å². The summed E-state index contributed by atoms with van der Waals surface area (Å²) in [5.74, 6) is -8.06. The van der Waals surface area contributed by atoms with E-state index in [9.17, 15) is 39.6 Å². The van der Waals surface area contributed by atoms with Gasteiger partial charge in [-0.1, -0.05) is 13.3 Å². The third-order valence-corrected chi connectivity index (χ3v) is 7.56. The van der Waals surface area contributed by atoms with Gasteiger partial charge in [0.05, 0.1) is 23.8 Å². The van der Waals surface area contributed by atoms with Crippen molar-refractivity contribution >= 4 is 23.4 Å². The maximum Gasteiger partial charge on any atom is 0.338 e. The molecular formula is C26H30N2O9. The Morgan fingerprint density at radius 3 is 2.46 bits per heavy atom. The number of amides is 1. The number of likely N-dealkylation sites (N-methyl/N-ethyl adjacent to an activating group) is 1. The molecule has 4 atom stereocenters. The molecule has 0 aromatic heterocycles. The molecule has 1 aromatic carbocycles. The average molecular weight is 515 g/mol. The van der Waals surface area contributed by atoms with Crippen LogP contribution in [-0.4, -0.2) is 81.1 Å². The van der Waals surface area contributed by atoms with E-state index in [0.29, 0.717) is 6.42 Å². The molecule has 1 aromatic rings.